The maximum Gasteiger partial charge on any atom is 0.220 e. The zero-order valence-corrected chi connectivity index (χ0v) is 19.7. The Morgan fingerprint density at radius 3 is 2.44 bits per heavy atom. The fourth-order valence-electron chi connectivity index (χ4n) is 3.85. The van der Waals surface area contributed by atoms with Gasteiger partial charge in [-0.2, -0.15) is 0 Å². The van der Waals surface area contributed by atoms with Crippen LogP contribution in [0.4, 0.5) is 0 Å². The summed E-state index contributed by atoms with van der Waals surface area (Å²) in [5.41, 5.74) is 3.94. The van der Waals surface area contributed by atoms with Crippen molar-refractivity contribution in [3.8, 4) is 11.5 Å². The second-order valence-corrected chi connectivity index (χ2v) is 7.99. The molecule has 0 spiro atoms. The quantitative estimate of drug-likeness (QED) is 0.365. The number of carbonyl (C=O) groups is 1. The van der Waals surface area contributed by atoms with E-state index in [9.17, 15) is 4.79 Å². The van der Waals surface area contributed by atoms with Gasteiger partial charge in [-0.15, -0.1) is 0 Å². The molecule has 0 saturated heterocycles. The van der Waals surface area contributed by atoms with E-state index in [1.54, 1.807) is 13.3 Å². The molecule has 2 aromatic carbocycles. The topological polar surface area (TPSA) is 78.3 Å². The Labute approximate surface area is 199 Å². The first-order chi connectivity index (χ1) is 16.7. The molecule has 0 atom stereocenters. The highest BCUT2D eigenvalue weighted by Crippen LogP contribution is 2.19. The van der Waals surface area contributed by atoms with Gasteiger partial charge in [0.1, 0.15) is 22.8 Å². The largest absolute Gasteiger partial charge is 0.497 e. The maximum atomic E-state index is 12.5. The van der Waals surface area contributed by atoms with E-state index in [0.717, 1.165) is 46.0 Å². The first kappa shape index (κ1) is 23.3. The Hall–Kier alpha value is -3.87. The number of rotatable bonds is 11. The van der Waals surface area contributed by atoms with Crippen LogP contribution in [0.1, 0.15) is 30.3 Å². The fraction of sp³-hybridized carbons (Fsp3) is 0.296. The van der Waals surface area contributed by atoms with E-state index in [-0.39, 0.29) is 5.91 Å². The molecule has 0 aliphatic carbocycles. The standard InChI is InChI=1S/C27H30N4O3/c1-3-34-23-12-6-20(7-13-23)16-18-28-26(32)15-14-25-30-24-5-4-17-29-27(24)31(25)19-21-8-10-22(33-2)11-9-21/h4-13,17H,3,14-16,18-19H2,1-2H3,(H,28,32). The van der Waals surface area contributed by atoms with Crippen molar-refractivity contribution in [3.05, 3.63) is 83.8 Å². The van der Waals surface area contributed by atoms with Crippen LogP contribution in [0.25, 0.3) is 11.2 Å². The SMILES string of the molecule is CCOc1ccc(CCNC(=O)CCc2nc3cccnc3n2Cc2ccc(OC)cc2)cc1. The van der Waals surface area contributed by atoms with Gasteiger partial charge in [-0.3, -0.25) is 4.79 Å². The second kappa shape index (κ2) is 11.3. The summed E-state index contributed by atoms with van der Waals surface area (Å²) in [5.74, 6) is 2.55. The Bertz CT molecular complexity index is 1220. The number of fused-ring (bicyclic) bond motifs is 1. The van der Waals surface area contributed by atoms with Gasteiger partial charge < -0.3 is 19.4 Å². The fourth-order valence-corrected chi connectivity index (χ4v) is 3.85. The molecule has 1 amide bonds. The summed E-state index contributed by atoms with van der Waals surface area (Å²) < 4.78 is 12.8. The molecule has 0 aliphatic heterocycles. The van der Waals surface area contributed by atoms with Crippen molar-refractivity contribution in [2.24, 2.45) is 0 Å². The highest BCUT2D eigenvalue weighted by atomic mass is 16.5. The molecular formula is C27H30N4O3. The lowest BCUT2D eigenvalue weighted by molar-refractivity contribution is -0.121. The number of hydrogen-bond donors (Lipinski definition) is 1. The smallest absolute Gasteiger partial charge is 0.220 e. The normalized spacial score (nSPS) is 10.9. The van der Waals surface area contributed by atoms with E-state index in [0.29, 0.717) is 32.5 Å². The summed E-state index contributed by atoms with van der Waals surface area (Å²) in [6.07, 6.45) is 3.46. The van der Waals surface area contributed by atoms with Gasteiger partial charge in [0, 0.05) is 25.6 Å². The number of aromatic nitrogens is 3. The number of carbonyl (C=O) groups excluding carboxylic acids is 1. The number of ether oxygens (including phenoxy) is 2. The van der Waals surface area contributed by atoms with Crippen LogP contribution in [0, 0.1) is 0 Å². The second-order valence-electron chi connectivity index (χ2n) is 7.99. The molecule has 7 heteroatoms. The number of nitrogens with zero attached hydrogens (tertiary/aromatic N) is 3. The molecule has 4 rings (SSSR count). The highest BCUT2D eigenvalue weighted by molar-refractivity contribution is 5.76. The van der Waals surface area contributed by atoms with Crippen LogP contribution in [0.5, 0.6) is 11.5 Å². The first-order valence-electron chi connectivity index (χ1n) is 11.6. The summed E-state index contributed by atoms with van der Waals surface area (Å²) in [6.45, 7) is 3.84. The monoisotopic (exact) mass is 458 g/mol. The minimum Gasteiger partial charge on any atom is -0.497 e. The number of aryl methyl sites for hydroxylation is 1. The van der Waals surface area contributed by atoms with Crippen molar-refractivity contribution in [2.75, 3.05) is 20.3 Å². The van der Waals surface area contributed by atoms with E-state index in [4.69, 9.17) is 14.5 Å². The molecular weight excluding hydrogens is 428 g/mol. The predicted molar refractivity (Wildman–Crippen MR) is 132 cm³/mol. The molecule has 0 radical (unpaired) electrons. The molecule has 0 fully saturated rings. The molecule has 0 aliphatic rings. The number of benzene rings is 2. The van der Waals surface area contributed by atoms with E-state index >= 15 is 0 Å². The third-order valence-electron chi connectivity index (χ3n) is 5.63. The van der Waals surface area contributed by atoms with E-state index in [2.05, 4.69) is 14.9 Å². The van der Waals surface area contributed by atoms with Crippen LogP contribution in [-0.2, 0) is 24.2 Å². The molecule has 34 heavy (non-hydrogen) atoms. The van der Waals surface area contributed by atoms with Crippen molar-refractivity contribution >= 4 is 17.1 Å². The number of amides is 1. The molecule has 0 saturated carbocycles. The molecule has 0 bridgehead atoms. The van der Waals surface area contributed by atoms with Crippen molar-refractivity contribution < 1.29 is 14.3 Å². The van der Waals surface area contributed by atoms with Crippen molar-refractivity contribution in [2.45, 2.75) is 32.7 Å². The van der Waals surface area contributed by atoms with Crippen LogP contribution >= 0.6 is 0 Å². The van der Waals surface area contributed by atoms with E-state index in [1.807, 2.05) is 67.6 Å². The molecule has 1 N–H and O–H groups in total. The van der Waals surface area contributed by atoms with Crippen molar-refractivity contribution in [1.82, 2.24) is 19.9 Å². The van der Waals surface area contributed by atoms with E-state index in [1.165, 1.54) is 0 Å². The maximum absolute atomic E-state index is 12.5. The average molecular weight is 459 g/mol. The van der Waals surface area contributed by atoms with Crippen LogP contribution < -0.4 is 14.8 Å². The number of imidazole rings is 1. The Morgan fingerprint density at radius 1 is 0.971 bits per heavy atom. The van der Waals surface area contributed by atoms with Gasteiger partial charge in [0.25, 0.3) is 0 Å². The van der Waals surface area contributed by atoms with Gasteiger partial charge in [0.05, 0.1) is 20.3 Å². The van der Waals surface area contributed by atoms with Crippen LogP contribution in [0.15, 0.2) is 66.9 Å². The zero-order chi connectivity index (χ0) is 23.8. The minimum absolute atomic E-state index is 0.0157. The van der Waals surface area contributed by atoms with Gasteiger partial charge >= 0.3 is 0 Å². The Balaban J connectivity index is 1.35. The molecule has 176 valence electrons. The van der Waals surface area contributed by atoms with Crippen LogP contribution in [0.3, 0.4) is 0 Å². The van der Waals surface area contributed by atoms with Crippen LogP contribution in [0.2, 0.25) is 0 Å². The lowest BCUT2D eigenvalue weighted by Crippen LogP contribution is -2.26. The minimum atomic E-state index is 0.0157. The number of methoxy groups -OCH3 is 1. The average Bonchev–Trinajstić information content (AvgIpc) is 3.22. The van der Waals surface area contributed by atoms with Crippen molar-refractivity contribution in [3.63, 3.8) is 0 Å². The Morgan fingerprint density at radius 2 is 1.71 bits per heavy atom. The van der Waals surface area contributed by atoms with Crippen molar-refractivity contribution in [1.29, 1.82) is 0 Å². The third-order valence-corrected chi connectivity index (χ3v) is 5.63. The lowest BCUT2D eigenvalue weighted by atomic mass is 10.1. The molecule has 2 heterocycles. The molecule has 2 aromatic heterocycles. The summed E-state index contributed by atoms with van der Waals surface area (Å²) in [7, 11) is 1.66. The third kappa shape index (κ3) is 5.92. The first-order valence-corrected chi connectivity index (χ1v) is 11.6. The Kier molecular flexibility index (Phi) is 7.75. The number of pyridine rings is 1. The lowest BCUT2D eigenvalue weighted by Gasteiger charge is -2.10. The van der Waals surface area contributed by atoms with Crippen LogP contribution in [-0.4, -0.2) is 40.7 Å². The summed E-state index contributed by atoms with van der Waals surface area (Å²) in [6, 6.07) is 19.8. The zero-order valence-electron chi connectivity index (χ0n) is 19.7. The van der Waals surface area contributed by atoms with Gasteiger partial charge in [-0.25, -0.2) is 9.97 Å². The number of hydrogen-bond acceptors (Lipinski definition) is 5. The summed E-state index contributed by atoms with van der Waals surface area (Å²) in [4.78, 5) is 21.8. The molecule has 7 nitrogen and oxygen atoms in total. The summed E-state index contributed by atoms with van der Waals surface area (Å²) in [5, 5.41) is 3.02. The number of nitrogens with one attached hydrogen (secondary N) is 1. The van der Waals surface area contributed by atoms with Gasteiger partial charge in [0.15, 0.2) is 5.65 Å². The predicted octanol–water partition coefficient (Wildman–Crippen LogP) is 4.18. The van der Waals surface area contributed by atoms with Gasteiger partial charge in [-0.1, -0.05) is 24.3 Å². The highest BCUT2D eigenvalue weighted by Gasteiger charge is 2.14. The molecule has 0 unspecified atom stereocenters. The molecule has 4 aromatic rings. The van der Waals surface area contributed by atoms with Gasteiger partial charge in [0.2, 0.25) is 5.91 Å². The van der Waals surface area contributed by atoms with E-state index < -0.39 is 0 Å². The van der Waals surface area contributed by atoms with Gasteiger partial charge in [-0.05, 0) is 60.9 Å². The summed E-state index contributed by atoms with van der Waals surface area (Å²) >= 11 is 0.